The van der Waals surface area contributed by atoms with Crippen LogP contribution in [0.3, 0.4) is 0 Å². The average Bonchev–Trinajstić information content (AvgIpc) is 2.30. The summed E-state index contributed by atoms with van der Waals surface area (Å²) < 4.78 is 5.13. The number of ether oxygens (including phenoxy) is 1. The van der Waals surface area contributed by atoms with E-state index in [1.165, 1.54) is 5.56 Å². The molecule has 1 aromatic rings. The number of benzene rings is 1. The quantitative estimate of drug-likeness (QED) is 0.732. The first-order chi connectivity index (χ1) is 7.67. The molecule has 1 rings (SSSR count). The number of rotatable bonds is 6. The minimum Gasteiger partial charge on any atom is -0.497 e. The molecule has 0 aliphatic rings. The van der Waals surface area contributed by atoms with Gasteiger partial charge in [0.2, 0.25) is 0 Å². The highest BCUT2D eigenvalue weighted by molar-refractivity contribution is 5.75. The summed E-state index contributed by atoms with van der Waals surface area (Å²) in [6.45, 7) is 3.82. The van der Waals surface area contributed by atoms with Gasteiger partial charge in [-0.05, 0) is 43.4 Å². The van der Waals surface area contributed by atoms with Crippen molar-refractivity contribution < 1.29 is 9.53 Å². The third-order valence-corrected chi connectivity index (χ3v) is 2.92. The van der Waals surface area contributed by atoms with E-state index in [1.54, 1.807) is 14.0 Å². The van der Waals surface area contributed by atoms with Crippen LogP contribution in [0.15, 0.2) is 24.3 Å². The molecule has 0 aliphatic heterocycles. The van der Waals surface area contributed by atoms with Gasteiger partial charge in [-0.3, -0.25) is 0 Å². The van der Waals surface area contributed by atoms with Gasteiger partial charge in [0, 0.05) is 6.42 Å². The molecule has 0 saturated heterocycles. The summed E-state index contributed by atoms with van der Waals surface area (Å²) in [5.74, 6) is 1.63. The lowest BCUT2D eigenvalue weighted by atomic mass is 9.91. The molecule has 0 amide bonds. The van der Waals surface area contributed by atoms with Crippen LogP contribution in [0.2, 0.25) is 0 Å². The highest BCUT2D eigenvalue weighted by Crippen LogP contribution is 2.26. The molecule has 1 unspecified atom stereocenters. The van der Waals surface area contributed by atoms with Crippen LogP contribution in [0.5, 0.6) is 5.75 Å². The molecule has 16 heavy (non-hydrogen) atoms. The van der Waals surface area contributed by atoms with Gasteiger partial charge in [-0.1, -0.05) is 19.1 Å². The van der Waals surface area contributed by atoms with Crippen molar-refractivity contribution in [2.45, 2.75) is 39.0 Å². The third-order valence-electron chi connectivity index (χ3n) is 2.92. The topological polar surface area (TPSA) is 26.3 Å². The molecule has 0 fully saturated rings. The minimum absolute atomic E-state index is 0.270. The number of hydrogen-bond acceptors (Lipinski definition) is 2. The van der Waals surface area contributed by atoms with Crippen molar-refractivity contribution in [2.24, 2.45) is 0 Å². The van der Waals surface area contributed by atoms with E-state index in [-0.39, 0.29) is 5.78 Å². The average molecular weight is 220 g/mol. The van der Waals surface area contributed by atoms with E-state index in [1.807, 2.05) is 12.1 Å². The molecule has 1 aromatic carbocycles. The van der Waals surface area contributed by atoms with E-state index < -0.39 is 0 Å². The Morgan fingerprint density at radius 2 is 1.94 bits per heavy atom. The SMILES string of the molecule is CCC(CCC(C)=O)c1ccc(OC)cc1. The van der Waals surface area contributed by atoms with Crippen LogP contribution < -0.4 is 4.74 Å². The van der Waals surface area contributed by atoms with Crippen molar-refractivity contribution in [3.05, 3.63) is 29.8 Å². The Balaban J connectivity index is 2.66. The lowest BCUT2D eigenvalue weighted by Gasteiger charge is -2.14. The Morgan fingerprint density at radius 3 is 2.38 bits per heavy atom. The molecule has 0 bridgehead atoms. The normalized spacial score (nSPS) is 12.2. The van der Waals surface area contributed by atoms with Crippen LogP contribution in [0.25, 0.3) is 0 Å². The first-order valence-electron chi connectivity index (χ1n) is 5.80. The second kappa shape index (κ2) is 6.31. The zero-order valence-electron chi connectivity index (χ0n) is 10.3. The van der Waals surface area contributed by atoms with E-state index in [4.69, 9.17) is 4.74 Å². The Labute approximate surface area is 97.6 Å². The molecule has 0 aromatic heterocycles. The van der Waals surface area contributed by atoms with Crippen molar-refractivity contribution in [3.63, 3.8) is 0 Å². The van der Waals surface area contributed by atoms with Crippen LogP contribution in [-0.2, 0) is 4.79 Å². The van der Waals surface area contributed by atoms with Crippen molar-refractivity contribution >= 4 is 5.78 Å². The fourth-order valence-electron chi connectivity index (χ4n) is 1.86. The minimum atomic E-state index is 0.270. The predicted molar refractivity (Wildman–Crippen MR) is 65.9 cm³/mol. The van der Waals surface area contributed by atoms with Gasteiger partial charge >= 0.3 is 0 Å². The number of Topliss-reactive ketones (excluding diaryl/α,β-unsaturated/α-hetero) is 1. The highest BCUT2D eigenvalue weighted by atomic mass is 16.5. The largest absolute Gasteiger partial charge is 0.497 e. The van der Waals surface area contributed by atoms with Gasteiger partial charge in [-0.15, -0.1) is 0 Å². The Bertz CT molecular complexity index is 327. The molecule has 88 valence electrons. The molecule has 0 heterocycles. The molecule has 0 saturated carbocycles. The summed E-state index contributed by atoms with van der Waals surface area (Å²) in [5, 5.41) is 0. The third kappa shape index (κ3) is 3.69. The van der Waals surface area contributed by atoms with Crippen molar-refractivity contribution in [1.29, 1.82) is 0 Å². The van der Waals surface area contributed by atoms with Crippen LogP contribution >= 0.6 is 0 Å². The molecule has 2 heteroatoms. The van der Waals surface area contributed by atoms with Crippen LogP contribution in [0, 0.1) is 0 Å². The molecule has 0 radical (unpaired) electrons. The Hall–Kier alpha value is -1.31. The predicted octanol–water partition coefficient (Wildman–Crippen LogP) is 3.56. The monoisotopic (exact) mass is 220 g/mol. The number of carbonyl (C=O) groups excluding carboxylic acids is 1. The van der Waals surface area contributed by atoms with Crippen LogP contribution in [0.4, 0.5) is 0 Å². The molecule has 0 spiro atoms. The lowest BCUT2D eigenvalue weighted by Crippen LogP contribution is -2.00. The summed E-state index contributed by atoms with van der Waals surface area (Å²) in [7, 11) is 1.67. The first-order valence-corrected chi connectivity index (χ1v) is 5.80. The highest BCUT2D eigenvalue weighted by Gasteiger charge is 2.10. The van der Waals surface area contributed by atoms with Crippen molar-refractivity contribution in [1.82, 2.24) is 0 Å². The van der Waals surface area contributed by atoms with Gasteiger partial charge in [0.15, 0.2) is 0 Å². The summed E-state index contributed by atoms with van der Waals surface area (Å²) in [4.78, 5) is 11.0. The molecule has 1 atom stereocenters. The number of methoxy groups -OCH3 is 1. The molecule has 0 aliphatic carbocycles. The molecule has 2 nitrogen and oxygen atoms in total. The maximum Gasteiger partial charge on any atom is 0.129 e. The van der Waals surface area contributed by atoms with Gasteiger partial charge in [-0.2, -0.15) is 0 Å². The Morgan fingerprint density at radius 1 is 1.31 bits per heavy atom. The zero-order valence-corrected chi connectivity index (χ0v) is 10.3. The summed E-state index contributed by atoms with van der Waals surface area (Å²) in [5.41, 5.74) is 1.30. The summed E-state index contributed by atoms with van der Waals surface area (Å²) in [6.07, 6.45) is 2.68. The maximum atomic E-state index is 11.0. The second-order valence-corrected chi connectivity index (χ2v) is 4.12. The van der Waals surface area contributed by atoms with E-state index in [2.05, 4.69) is 19.1 Å². The van der Waals surface area contributed by atoms with E-state index in [0.29, 0.717) is 12.3 Å². The number of carbonyl (C=O) groups is 1. The molecule has 0 N–H and O–H groups in total. The van der Waals surface area contributed by atoms with Gasteiger partial charge < -0.3 is 9.53 Å². The maximum absolute atomic E-state index is 11.0. The summed E-state index contributed by atoms with van der Waals surface area (Å²) in [6, 6.07) is 8.14. The second-order valence-electron chi connectivity index (χ2n) is 4.12. The number of ketones is 1. The van der Waals surface area contributed by atoms with Crippen molar-refractivity contribution in [2.75, 3.05) is 7.11 Å². The standard InChI is InChI=1S/C14H20O2/c1-4-12(6-5-11(2)15)13-7-9-14(16-3)10-8-13/h7-10,12H,4-6H2,1-3H3. The van der Waals surface area contributed by atoms with Gasteiger partial charge in [-0.25, -0.2) is 0 Å². The van der Waals surface area contributed by atoms with Gasteiger partial charge in [0.1, 0.15) is 11.5 Å². The zero-order chi connectivity index (χ0) is 12.0. The van der Waals surface area contributed by atoms with Crippen molar-refractivity contribution in [3.8, 4) is 5.75 Å². The fraction of sp³-hybridized carbons (Fsp3) is 0.500. The lowest BCUT2D eigenvalue weighted by molar-refractivity contribution is -0.117. The van der Waals surface area contributed by atoms with E-state index in [9.17, 15) is 4.79 Å². The number of hydrogen-bond donors (Lipinski definition) is 0. The van der Waals surface area contributed by atoms with E-state index in [0.717, 1.165) is 18.6 Å². The first kappa shape index (κ1) is 12.8. The van der Waals surface area contributed by atoms with Crippen LogP contribution in [0.1, 0.15) is 44.6 Å². The Kier molecular flexibility index (Phi) is 5.03. The molecular weight excluding hydrogens is 200 g/mol. The van der Waals surface area contributed by atoms with Crippen LogP contribution in [-0.4, -0.2) is 12.9 Å². The molecular formula is C14H20O2. The smallest absolute Gasteiger partial charge is 0.129 e. The summed E-state index contributed by atoms with van der Waals surface area (Å²) >= 11 is 0. The fourth-order valence-corrected chi connectivity index (χ4v) is 1.86. The van der Waals surface area contributed by atoms with Gasteiger partial charge in [0.25, 0.3) is 0 Å². The van der Waals surface area contributed by atoms with E-state index >= 15 is 0 Å². The van der Waals surface area contributed by atoms with Gasteiger partial charge in [0.05, 0.1) is 7.11 Å².